The molecule has 0 saturated carbocycles. The minimum Gasteiger partial charge on any atom is -0.481 e. The summed E-state index contributed by atoms with van der Waals surface area (Å²) < 4.78 is 35.7. The van der Waals surface area contributed by atoms with E-state index in [1.807, 2.05) is 0 Å². The summed E-state index contributed by atoms with van der Waals surface area (Å²) in [6, 6.07) is 8.16. The van der Waals surface area contributed by atoms with Crippen LogP contribution in [0.3, 0.4) is 0 Å². The molecule has 0 heterocycles. The van der Waals surface area contributed by atoms with Gasteiger partial charge in [-0.05, 0) is 5.56 Å². The van der Waals surface area contributed by atoms with Gasteiger partial charge >= 0.3 is 12.1 Å². The third-order valence-electron chi connectivity index (χ3n) is 2.17. The lowest BCUT2D eigenvalue weighted by Crippen LogP contribution is -2.34. The maximum atomic E-state index is 11.9. The molecule has 1 atom stereocenters. The topological polar surface area (TPSA) is 49.3 Å². The number of halogens is 3. The van der Waals surface area contributed by atoms with Crippen LogP contribution < -0.4 is 5.32 Å². The van der Waals surface area contributed by atoms with Gasteiger partial charge in [-0.2, -0.15) is 13.2 Å². The summed E-state index contributed by atoms with van der Waals surface area (Å²) in [6.45, 7) is -1.44. The summed E-state index contributed by atoms with van der Waals surface area (Å²) in [5.74, 6) is -2.12. The number of carbonyl (C=O) groups is 1. The highest BCUT2D eigenvalue weighted by Crippen LogP contribution is 2.16. The van der Waals surface area contributed by atoms with Gasteiger partial charge in [0.1, 0.15) is 0 Å². The van der Waals surface area contributed by atoms with Crippen LogP contribution in [0.1, 0.15) is 11.5 Å². The van der Waals surface area contributed by atoms with E-state index in [1.165, 1.54) is 0 Å². The van der Waals surface area contributed by atoms with Gasteiger partial charge in [0.2, 0.25) is 0 Å². The van der Waals surface area contributed by atoms with Crippen LogP contribution in [0, 0.1) is 0 Å². The SMILES string of the molecule is O=C(O)C(CNCC(F)(F)F)c1ccccc1. The zero-order valence-electron chi connectivity index (χ0n) is 8.87. The molecule has 3 nitrogen and oxygen atoms in total. The Morgan fingerprint density at radius 2 is 1.88 bits per heavy atom. The van der Waals surface area contributed by atoms with Crippen molar-refractivity contribution in [3.63, 3.8) is 0 Å². The van der Waals surface area contributed by atoms with E-state index in [9.17, 15) is 18.0 Å². The molecule has 0 radical (unpaired) electrons. The molecular formula is C11H12F3NO2. The molecule has 0 bridgehead atoms. The van der Waals surface area contributed by atoms with Crippen molar-refractivity contribution in [1.82, 2.24) is 5.32 Å². The smallest absolute Gasteiger partial charge is 0.401 e. The van der Waals surface area contributed by atoms with Crippen molar-refractivity contribution in [2.75, 3.05) is 13.1 Å². The number of carboxylic acids is 1. The highest BCUT2D eigenvalue weighted by molar-refractivity contribution is 5.76. The molecule has 0 aliphatic carbocycles. The fourth-order valence-electron chi connectivity index (χ4n) is 1.39. The Labute approximate surface area is 96.3 Å². The second-order valence-corrected chi connectivity index (χ2v) is 3.55. The van der Waals surface area contributed by atoms with Crippen molar-refractivity contribution < 1.29 is 23.1 Å². The van der Waals surface area contributed by atoms with Gasteiger partial charge in [0, 0.05) is 6.54 Å². The molecule has 0 spiro atoms. The number of aliphatic carboxylic acids is 1. The molecule has 1 aromatic carbocycles. The van der Waals surface area contributed by atoms with Crippen LogP contribution >= 0.6 is 0 Å². The monoisotopic (exact) mass is 247 g/mol. The van der Waals surface area contributed by atoms with Gasteiger partial charge < -0.3 is 10.4 Å². The average Bonchev–Trinajstić information content (AvgIpc) is 2.23. The van der Waals surface area contributed by atoms with Crippen LogP contribution in [0.2, 0.25) is 0 Å². The summed E-state index contributed by atoms with van der Waals surface area (Å²) in [5, 5.41) is 11.0. The lowest BCUT2D eigenvalue weighted by Gasteiger charge is -2.14. The van der Waals surface area contributed by atoms with Gasteiger partial charge in [-0.3, -0.25) is 4.79 Å². The quantitative estimate of drug-likeness (QED) is 0.836. The number of alkyl halides is 3. The van der Waals surface area contributed by atoms with Crippen LogP contribution in [-0.4, -0.2) is 30.3 Å². The normalized spacial score (nSPS) is 13.4. The van der Waals surface area contributed by atoms with Crippen molar-refractivity contribution in [3.05, 3.63) is 35.9 Å². The van der Waals surface area contributed by atoms with Crippen LogP contribution in [0.25, 0.3) is 0 Å². The van der Waals surface area contributed by atoms with Crippen molar-refractivity contribution >= 4 is 5.97 Å². The summed E-state index contributed by atoms with van der Waals surface area (Å²) in [7, 11) is 0. The zero-order valence-corrected chi connectivity index (χ0v) is 8.87. The molecule has 0 saturated heterocycles. The Morgan fingerprint density at radius 1 is 1.29 bits per heavy atom. The first-order chi connectivity index (χ1) is 7.90. The average molecular weight is 247 g/mol. The number of rotatable bonds is 5. The Morgan fingerprint density at radius 3 is 2.35 bits per heavy atom. The maximum absolute atomic E-state index is 11.9. The van der Waals surface area contributed by atoms with E-state index in [1.54, 1.807) is 30.3 Å². The van der Waals surface area contributed by atoms with Gasteiger partial charge in [0.15, 0.2) is 0 Å². The van der Waals surface area contributed by atoms with Crippen LogP contribution in [0.5, 0.6) is 0 Å². The minimum absolute atomic E-state index is 0.251. The second kappa shape index (κ2) is 5.67. The van der Waals surface area contributed by atoms with Crippen LogP contribution in [0.4, 0.5) is 13.2 Å². The van der Waals surface area contributed by atoms with Crippen molar-refractivity contribution in [2.45, 2.75) is 12.1 Å². The number of carboxylic acid groups (broad SMARTS) is 1. The first-order valence-corrected chi connectivity index (χ1v) is 4.95. The summed E-state index contributed by atoms with van der Waals surface area (Å²) in [4.78, 5) is 10.9. The van der Waals surface area contributed by atoms with E-state index in [0.717, 1.165) is 0 Å². The molecule has 0 fully saturated rings. The highest BCUT2D eigenvalue weighted by Gasteiger charge is 2.28. The first-order valence-electron chi connectivity index (χ1n) is 4.95. The lowest BCUT2D eigenvalue weighted by atomic mass is 9.99. The van der Waals surface area contributed by atoms with E-state index in [2.05, 4.69) is 5.32 Å². The molecule has 2 N–H and O–H groups in total. The van der Waals surface area contributed by atoms with E-state index in [4.69, 9.17) is 5.11 Å². The Bertz CT molecular complexity index is 365. The van der Waals surface area contributed by atoms with Crippen molar-refractivity contribution in [1.29, 1.82) is 0 Å². The van der Waals surface area contributed by atoms with E-state index < -0.39 is 24.6 Å². The van der Waals surface area contributed by atoms with Gasteiger partial charge in [-0.1, -0.05) is 30.3 Å². The van der Waals surface area contributed by atoms with Crippen molar-refractivity contribution in [3.8, 4) is 0 Å². The second-order valence-electron chi connectivity index (χ2n) is 3.55. The standard InChI is InChI=1S/C11H12F3NO2/c12-11(13,14)7-15-6-9(10(16)17)8-4-2-1-3-5-8/h1-5,9,15H,6-7H2,(H,16,17). The predicted octanol–water partition coefficient (Wildman–Crippen LogP) is 2.01. The molecule has 0 aliphatic rings. The third-order valence-corrected chi connectivity index (χ3v) is 2.17. The first kappa shape index (κ1) is 13.5. The van der Waals surface area contributed by atoms with Gasteiger partial charge in [-0.15, -0.1) is 0 Å². The lowest BCUT2D eigenvalue weighted by molar-refractivity contribution is -0.140. The van der Waals surface area contributed by atoms with E-state index in [-0.39, 0.29) is 6.54 Å². The Hall–Kier alpha value is -1.56. The summed E-state index contributed by atoms with van der Waals surface area (Å²) >= 11 is 0. The van der Waals surface area contributed by atoms with Crippen LogP contribution in [-0.2, 0) is 4.79 Å². The molecular weight excluding hydrogens is 235 g/mol. The van der Waals surface area contributed by atoms with E-state index in [0.29, 0.717) is 5.56 Å². The number of nitrogens with one attached hydrogen (secondary N) is 1. The number of hydrogen-bond acceptors (Lipinski definition) is 2. The zero-order chi connectivity index (χ0) is 12.9. The highest BCUT2D eigenvalue weighted by atomic mass is 19.4. The molecule has 0 aromatic heterocycles. The fraction of sp³-hybridized carbons (Fsp3) is 0.364. The minimum atomic E-state index is -4.33. The fourth-order valence-corrected chi connectivity index (χ4v) is 1.39. The molecule has 0 amide bonds. The summed E-state index contributed by atoms with van der Waals surface area (Å²) in [6.07, 6.45) is -4.33. The molecule has 94 valence electrons. The van der Waals surface area contributed by atoms with Gasteiger partial charge in [-0.25, -0.2) is 0 Å². The van der Waals surface area contributed by atoms with Crippen LogP contribution in [0.15, 0.2) is 30.3 Å². The molecule has 1 rings (SSSR count). The number of hydrogen-bond donors (Lipinski definition) is 2. The maximum Gasteiger partial charge on any atom is 0.401 e. The summed E-state index contributed by atoms with van der Waals surface area (Å²) in [5.41, 5.74) is 0.481. The molecule has 0 aliphatic heterocycles. The molecule has 6 heteroatoms. The van der Waals surface area contributed by atoms with Gasteiger partial charge in [0.25, 0.3) is 0 Å². The predicted molar refractivity (Wildman–Crippen MR) is 55.7 cm³/mol. The Kier molecular flexibility index (Phi) is 4.51. The third kappa shape index (κ3) is 4.86. The largest absolute Gasteiger partial charge is 0.481 e. The number of benzene rings is 1. The van der Waals surface area contributed by atoms with Crippen molar-refractivity contribution in [2.24, 2.45) is 0 Å². The van der Waals surface area contributed by atoms with E-state index >= 15 is 0 Å². The molecule has 17 heavy (non-hydrogen) atoms. The molecule has 1 aromatic rings. The molecule has 1 unspecified atom stereocenters. The Balaban J connectivity index is 2.60. The van der Waals surface area contributed by atoms with Gasteiger partial charge in [0.05, 0.1) is 12.5 Å².